The zero-order chi connectivity index (χ0) is 13.9. The van der Waals surface area contributed by atoms with Crippen molar-refractivity contribution < 1.29 is 0 Å². The van der Waals surface area contributed by atoms with Crippen LogP contribution in [0, 0.1) is 0 Å². The minimum Gasteiger partial charge on any atom is -0.363 e. The van der Waals surface area contributed by atoms with E-state index >= 15 is 0 Å². The maximum atomic E-state index is 5.88. The van der Waals surface area contributed by atoms with Gasteiger partial charge < -0.3 is 9.88 Å². The molecule has 0 spiro atoms. The lowest BCUT2D eigenvalue weighted by atomic mass is 10.3. The fourth-order valence-corrected chi connectivity index (χ4v) is 2.45. The van der Waals surface area contributed by atoms with Crippen molar-refractivity contribution in [1.29, 1.82) is 0 Å². The van der Waals surface area contributed by atoms with E-state index in [4.69, 9.17) is 11.6 Å². The molecule has 0 amide bonds. The number of benzene rings is 1. The number of aromatic nitrogens is 3. The average Bonchev–Trinajstić information content (AvgIpc) is 2.82. The van der Waals surface area contributed by atoms with Crippen LogP contribution in [0.5, 0.6) is 0 Å². The number of rotatable bonds is 4. The normalized spacial score (nSPS) is 10.9. The van der Waals surface area contributed by atoms with Crippen LogP contribution in [-0.2, 0) is 13.1 Å². The van der Waals surface area contributed by atoms with E-state index in [0.717, 1.165) is 29.2 Å². The van der Waals surface area contributed by atoms with Crippen molar-refractivity contribution in [3.05, 3.63) is 53.4 Å². The molecule has 102 valence electrons. The van der Waals surface area contributed by atoms with Crippen molar-refractivity contribution in [3.8, 4) is 0 Å². The summed E-state index contributed by atoms with van der Waals surface area (Å²) in [4.78, 5) is 8.88. The first-order valence-electron chi connectivity index (χ1n) is 6.58. The van der Waals surface area contributed by atoms with E-state index in [-0.39, 0.29) is 0 Å². The Morgan fingerprint density at radius 1 is 1.10 bits per heavy atom. The summed E-state index contributed by atoms with van der Waals surface area (Å²) >= 11 is 5.88. The lowest BCUT2D eigenvalue weighted by Gasteiger charge is -2.08. The molecule has 0 fully saturated rings. The van der Waals surface area contributed by atoms with Crippen LogP contribution in [-0.4, -0.2) is 14.5 Å². The molecule has 0 saturated carbocycles. The standard InChI is InChI=1S/C15H15ClN4/c1-2-20-12-7-4-3-6-11(12)18-15(20)10-17-14-9-5-8-13(16)19-14/h3-9H,2,10H2,1H3,(H,17,19). The second-order valence-corrected chi connectivity index (χ2v) is 4.85. The molecule has 0 atom stereocenters. The molecular weight excluding hydrogens is 272 g/mol. The third-order valence-corrected chi connectivity index (χ3v) is 3.40. The summed E-state index contributed by atoms with van der Waals surface area (Å²) in [7, 11) is 0. The Balaban J connectivity index is 1.87. The van der Waals surface area contributed by atoms with Crippen LogP contribution in [0.2, 0.25) is 5.15 Å². The van der Waals surface area contributed by atoms with Gasteiger partial charge in [0, 0.05) is 6.54 Å². The smallest absolute Gasteiger partial charge is 0.131 e. The molecule has 2 aromatic heterocycles. The number of imidazole rings is 1. The number of pyridine rings is 1. The molecule has 0 aliphatic rings. The zero-order valence-electron chi connectivity index (χ0n) is 11.2. The number of fused-ring (bicyclic) bond motifs is 1. The SMILES string of the molecule is CCn1c(CNc2cccc(Cl)n2)nc2ccccc21. The summed E-state index contributed by atoms with van der Waals surface area (Å²) in [6, 6.07) is 13.7. The van der Waals surface area contributed by atoms with Crippen LogP contribution in [0.1, 0.15) is 12.7 Å². The summed E-state index contributed by atoms with van der Waals surface area (Å²) < 4.78 is 2.20. The molecule has 0 radical (unpaired) electrons. The lowest BCUT2D eigenvalue weighted by Crippen LogP contribution is -2.08. The summed E-state index contributed by atoms with van der Waals surface area (Å²) in [6.45, 7) is 3.63. The predicted octanol–water partition coefficient (Wildman–Crippen LogP) is 3.72. The van der Waals surface area contributed by atoms with E-state index in [9.17, 15) is 0 Å². The van der Waals surface area contributed by atoms with E-state index in [1.807, 2.05) is 30.3 Å². The first-order chi connectivity index (χ1) is 9.78. The van der Waals surface area contributed by atoms with Gasteiger partial charge in [0.25, 0.3) is 0 Å². The second-order valence-electron chi connectivity index (χ2n) is 4.46. The second kappa shape index (κ2) is 5.51. The first-order valence-corrected chi connectivity index (χ1v) is 6.96. The van der Waals surface area contributed by atoms with Crippen LogP contribution in [0.4, 0.5) is 5.82 Å². The van der Waals surface area contributed by atoms with Crippen molar-refractivity contribution >= 4 is 28.5 Å². The van der Waals surface area contributed by atoms with Crippen molar-refractivity contribution in [1.82, 2.24) is 14.5 Å². The number of halogens is 1. The Morgan fingerprint density at radius 2 is 1.95 bits per heavy atom. The first kappa shape index (κ1) is 12.9. The molecule has 1 aromatic carbocycles. The number of anilines is 1. The highest BCUT2D eigenvalue weighted by molar-refractivity contribution is 6.29. The molecule has 0 bridgehead atoms. The third kappa shape index (κ3) is 2.47. The molecule has 2 heterocycles. The number of hydrogen-bond donors (Lipinski definition) is 1. The van der Waals surface area contributed by atoms with Crippen molar-refractivity contribution in [2.45, 2.75) is 20.0 Å². The Kier molecular flexibility index (Phi) is 3.56. The van der Waals surface area contributed by atoms with Gasteiger partial charge in [-0.1, -0.05) is 29.8 Å². The van der Waals surface area contributed by atoms with Crippen LogP contribution < -0.4 is 5.32 Å². The number of hydrogen-bond acceptors (Lipinski definition) is 3. The fourth-order valence-electron chi connectivity index (χ4n) is 2.29. The Bertz CT molecular complexity index is 736. The van der Waals surface area contributed by atoms with E-state index in [0.29, 0.717) is 11.7 Å². The summed E-state index contributed by atoms with van der Waals surface area (Å²) in [5, 5.41) is 3.74. The fraction of sp³-hybridized carbons (Fsp3) is 0.200. The number of nitrogens with zero attached hydrogens (tertiary/aromatic N) is 3. The number of aryl methyl sites for hydroxylation is 1. The lowest BCUT2D eigenvalue weighted by molar-refractivity contribution is 0.728. The average molecular weight is 287 g/mol. The van der Waals surface area contributed by atoms with Crippen LogP contribution >= 0.6 is 11.6 Å². The maximum absolute atomic E-state index is 5.88. The molecule has 0 saturated heterocycles. The topological polar surface area (TPSA) is 42.7 Å². The van der Waals surface area contributed by atoms with Crippen molar-refractivity contribution in [3.63, 3.8) is 0 Å². The largest absolute Gasteiger partial charge is 0.363 e. The molecule has 20 heavy (non-hydrogen) atoms. The molecule has 0 aliphatic carbocycles. The van der Waals surface area contributed by atoms with Gasteiger partial charge in [-0.3, -0.25) is 0 Å². The molecule has 1 N–H and O–H groups in total. The van der Waals surface area contributed by atoms with E-state index in [1.54, 1.807) is 6.07 Å². The highest BCUT2D eigenvalue weighted by Crippen LogP contribution is 2.17. The van der Waals surface area contributed by atoms with E-state index < -0.39 is 0 Å². The summed E-state index contributed by atoms with van der Waals surface area (Å²) in [5.41, 5.74) is 2.18. The third-order valence-electron chi connectivity index (χ3n) is 3.19. The van der Waals surface area contributed by atoms with E-state index in [1.165, 1.54) is 0 Å². The minimum absolute atomic E-state index is 0.485. The molecule has 5 heteroatoms. The van der Waals surface area contributed by atoms with Crippen LogP contribution in [0.25, 0.3) is 11.0 Å². The Hall–Kier alpha value is -2.07. The maximum Gasteiger partial charge on any atom is 0.131 e. The van der Waals surface area contributed by atoms with E-state index in [2.05, 4.69) is 32.8 Å². The van der Waals surface area contributed by atoms with Gasteiger partial charge in [-0.2, -0.15) is 0 Å². The van der Waals surface area contributed by atoms with Gasteiger partial charge in [-0.05, 0) is 31.2 Å². The van der Waals surface area contributed by atoms with Crippen LogP contribution in [0.15, 0.2) is 42.5 Å². The molecule has 0 unspecified atom stereocenters. The molecule has 4 nitrogen and oxygen atoms in total. The predicted molar refractivity (Wildman–Crippen MR) is 82.0 cm³/mol. The number of para-hydroxylation sites is 2. The molecule has 3 rings (SSSR count). The van der Waals surface area contributed by atoms with Crippen molar-refractivity contribution in [2.75, 3.05) is 5.32 Å². The van der Waals surface area contributed by atoms with Gasteiger partial charge in [-0.25, -0.2) is 9.97 Å². The molecule has 0 aliphatic heterocycles. The highest BCUT2D eigenvalue weighted by atomic mass is 35.5. The molecular formula is C15H15ClN4. The number of nitrogens with one attached hydrogen (secondary N) is 1. The van der Waals surface area contributed by atoms with Gasteiger partial charge in [0.1, 0.15) is 16.8 Å². The summed E-state index contributed by atoms with van der Waals surface area (Å²) in [6.07, 6.45) is 0. The highest BCUT2D eigenvalue weighted by Gasteiger charge is 2.08. The Labute approximate surface area is 122 Å². The summed E-state index contributed by atoms with van der Waals surface area (Å²) in [5.74, 6) is 1.75. The van der Waals surface area contributed by atoms with Gasteiger partial charge in [0.15, 0.2) is 0 Å². The van der Waals surface area contributed by atoms with Gasteiger partial charge in [0.2, 0.25) is 0 Å². The monoisotopic (exact) mass is 286 g/mol. The van der Waals surface area contributed by atoms with Crippen molar-refractivity contribution in [2.24, 2.45) is 0 Å². The Morgan fingerprint density at radius 3 is 2.75 bits per heavy atom. The quantitative estimate of drug-likeness (QED) is 0.743. The zero-order valence-corrected chi connectivity index (χ0v) is 11.9. The van der Waals surface area contributed by atoms with Crippen LogP contribution in [0.3, 0.4) is 0 Å². The van der Waals surface area contributed by atoms with Gasteiger partial charge in [0.05, 0.1) is 17.6 Å². The minimum atomic E-state index is 0.485. The van der Waals surface area contributed by atoms with Gasteiger partial charge >= 0.3 is 0 Å². The van der Waals surface area contributed by atoms with Gasteiger partial charge in [-0.15, -0.1) is 0 Å². The molecule has 3 aromatic rings.